The monoisotopic (exact) mass is 437 g/mol. The van der Waals surface area contributed by atoms with Crippen LogP contribution in [0.15, 0.2) is 35.0 Å². The van der Waals surface area contributed by atoms with Gasteiger partial charge in [0.15, 0.2) is 5.69 Å². The Morgan fingerprint density at radius 3 is 2.75 bits per heavy atom. The Balaban J connectivity index is 1.38. The maximum Gasteiger partial charge on any atom is 0.272 e. The lowest BCUT2D eigenvalue weighted by molar-refractivity contribution is -0.0615. The predicted molar refractivity (Wildman–Crippen MR) is 116 cm³/mol. The molecule has 1 saturated heterocycles. The van der Waals surface area contributed by atoms with E-state index in [9.17, 15) is 4.79 Å². The number of carbonyl (C=O) groups excluding carboxylic acids is 1. The maximum atomic E-state index is 12.5. The van der Waals surface area contributed by atoms with Crippen LogP contribution < -0.4 is 10.1 Å². The fraction of sp³-hybridized carbons (Fsp3) is 0.435. The number of aryl methyl sites for hydroxylation is 2. The number of amides is 1. The molecule has 0 spiro atoms. The molecule has 32 heavy (non-hydrogen) atoms. The fourth-order valence-electron chi connectivity index (χ4n) is 3.67. The van der Waals surface area contributed by atoms with E-state index in [2.05, 4.69) is 25.7 Å². The van der Waals surface area contributed by atoms with E-state index in [-0.39, 0.29) is 29.9 Å². The van der Waals surface area contributed by atoms with Gasteiger partial charge >= 0.3 is 0 Å². The zero-order chi connectivity index (χ0) is 22.7. The minimum atomic E-state index is -0.254. The summed E-state index contributed by atoms with van der Waals surface area (Å²) >= 11 is 0. The van der Waals surface area contributed by atoms with E-state index in [1.807, 2.05) is 39.8 Å². The average Bonchev–Trinajstić information content (AvgIpc) is 3.13. The highest BCUT2D eigenvalue weighted by atomic mass is 16.5. The van der Waals surface area contributed by atoms with E-state index in [1.165, 1.54) is 0 Å². The summed E-state index contributed by atoms with van der Waals surface area (Å²) in [6.07, 6.45) is 3.29. The van der Waals surface area contributed by atoms with Crippen molar-refractivity contribution in [3.05, 3.63) is 53.2 Å². The lowest BCUT2D eigenvalue weighted by atomic mass is 9.94. The molecular formula is C23H27N5O4. The number of rotatable bonds is 6. The molecule has 1 amide bonds. The Labute approximate surface area is 186 Å². The van der Waals surface area contributed by atoms with Crippen LogP contribution in [0.25, 0.3) is 11.3 Å². The molecule has 0 radical (unpaired) electrons. The molecular weight excluding hydrogens is 410 g/mol. The molecule has 4 rings (SSSR count). The quantitative estimate of drug-likeness (QED) is 0.624. The Morgan fingerprint density at radius 2 is 2.06 bits per heavy atom. The average molecular weight is 438 g/mol. The minimum absolute atomic E-state index is 0.0511. The van der Waals surface area contributed by atoms with Gasteiger partial charge in [0.25, 0.3) is 5.91 Å². The third-order valence-electron chi connectivity index (χ3n) is 5.44. The van der Waals surface area contributed by atoms with E-state index >= 15 is 0 Å². The van der Waals surface area contributed by atoms with Crippen molar-refractivity contribution in [2.75, 3.05) is 6.61 Å². The Hall–Kier alpha value is -3.33. The standard InChI is InChI=1S/C23H27N5O4/c1-14-5-6-16(12-24-14)21-18(15(2)32-28-21)13-30-20-8-7-19(26-27-20)22(29)25-17-9-10-31-23(3,4)11-17/h5-8,12,17H,9-11,13H2,1-4H3,(H,25,29)/t17-/m1/s1. The topological polar surface area (TPSA) is 112 Å². The van der Waals surface area contributed by atoms with E-state index in [0.29, 0.717) is 23.9 Å². The van der Waals surface area contributed by atoms with Gasteiger partial charge in [0.1, 0.15) is 18.1 Å². The first-order chi connectivity index (χ1) is 15.3. The molecule has 0 bridgehead atoms. The smallest absolute Gasteiger partial charge is 0.272 e. The van der Waals surface area contributed by atoms with Crippen molar-refractivity contribution in [3.8, 4) is 17.1 Å². The molecule has 1 aliphatic heterocycles. The number of ether oxygens (including phenoxy) is 2. The molecule has 3 aromatic heterocycles. The Kier molecular flexibility index (Phi) is 6.18. The molecule has 0 saturated carbocycles. The summed E-state index contributed by atoms with van der Waals surface area (Å²) in [6, 6.07) is 7.14. The molecule has 1 fully saturated rings. The predicted octanol–water partition coefficient (Wildman–Crippen LogP) is 3.41. The van der Waals surface area contributed by atoms with Gasteiger partial charge in [-0.05, 0) is 58.7 Å². The number of aromatic nitrogens is 4. The molecule has 0 unspecified atom stereocenters. The lowest BCUT2D eigenvalue weighted by Crippen LogP contribution is -2.46. The third kappa shape index (κ3) is 5.11. The van der Waals surface area contributed by atoms with E-state index in [1.54, 1.807) is 18.3 Å². The van der Waals surface area contributed by atoms with Gasteiger partial charge in [-0.3, -0.25) is 9.78 Å². The van der Waals surface area contributed by atoms with Gasteiger partial charge in [0.2, 0.25) is 5.88 Å². The van der Waals surface area contributed by atoms with Crippen LogP contribution >= 0.6 is 0 Å². The highest BCUT2D eigenvalue weighted by Crippen LogP contribution is 2.26. The van der Waals surface area contributed by atoms with Crippen LogP contribution in [0.1, 0.15) is 54.2 Å². The van der Waals surface area contributed by atoms with Gasteiger partial charge in [-0.2, -0.15) is 0 Å². The summed E-state index contributed by atoms with van der Waals surface area (Å²) in [5.74, 6) is 0.710. The first-order valence-electron chi connectivity index (χ1n) is 10.6. The van der Waals surface area contributed by atoms with Crippen molar-refractivity contribution < 1.29 is 18.8 Å². The molecule has 9 nitrogen and oxygen atoms in total. The molecule has 4 heterocycles. The van der Waals surface area contributed by atoms with Crippen LogP contribution in [0.4, 0.5) is 0 Å². The SMILES string of the molecule is Cc1ccc(-c2noc(C)c2COc2ccc(C(=O)N[C@@H]3CCOC(C)(C)C3)nn2)cn1. The van der Waals surface area contributed by atoms with Crippen LogP contribution in [0.3, 0.4) is 0 Å². The van der Waals surface area contributed by atoms with Gasteiger partial charge in [-0.25, -0.2) is 0 Å². The second-order valence-electron chi connectivity index (χ2n) is 8.57. The Morgan fingerprint density at radius 1 is 1.22 bits per heavy atom. The van der Waals surface area contributed by atoms with Crippen LogP contribution in [0, 0.1) is 13.8 Å². The number of hydrogen-bond acceptors (Lipinski definition) is 8. The zero-order valence-electron chi connectivity index (χ0n) is 18.7. The second kappa shape index (κ2) is 9.04. The third-order valence-corrected chi connectivity index (χ3v) is 5.44. The van der Waals surface area contributed by atoms with Crippen LogP contribution in [-0.4, -0.2) is 44.5 Å². The first-order valence-corrected chi connectivity index (χ1v) is 10.6. The summed E-state index contributed by atoms with van der Waals surface area (Å²) in [7, 11) is 0. The molecule has 1 aliphatic rings. The van der Waals surface area contributed by atoms with Crippen LogP contribution in [-0.2, 0) is 11.3 Å². The zero-order valence-corrected chi connectivity index (χ0v) is 18.7. The van der Waals surface area contributed by atoms with Crippen molar-refractivity contribution in [2.24, 2.45) is 0 Å². The molecule has 3 aromatic rings. The number of nitrogens with one attached hydrogen (secondary N) is 1. The summed E-state index contributed by atoms with van der Waals surface area (Å²) in [6.45, 7) is 8.63. The van der Waals surface area contributed by atoms with E-state index < -0.39 is 0 Å². The molecule has 9 heteroatoms. The van der Waals surface area contributed by atoms with Crippen molar-refractivity contribution in [3.63, 3.8) is 0 Å². The molecule has 0 aromatic carbocycles. The highest BCUT2D eigenvalue weighted by Gasteiger charge is 2.30. The number of hydrogen-bond donors (Lipinski definition) is 1. The van der Waals surface area contributed by atoms with Gasteiger partial charge < -0.3 is 19.3 Å². The van der Waals surface area contributed by atoms with Crippen molar-refractivity contribution in [1.29, 1.82) is 0 Å². The number of pyridine rings is 1. The van der Waals surface area contributed by atoms with Gasteiger partial charge in [0.05, 0.1) is 11.2 Å². The molecule has 168 valence electrons. The summed E-state index contributed by atoms with van der Waals surface area (Å²) in [4.78, 5) is 16.8. The second-order valence-corrected chi connectivity index (χ2v) is 8.57. The summed E-state index contributed by atoms with van der Waals surface area (Å²) < 4.78 is 16.8. The van der Waals surface area contributed by atoms with Gasteiger partial charge in [0, 0.05) is 36.2 Å². The fourth-order valence-corrected chi connectivity index (χ4v) is 3.67. The first kappa shape index (κ1) is 21.9. The lowest BCUT2D eigenvalue weighted by Gasteiger charge is -2.35. The van der Waals surface area contributed by atoms with Crippen molar-refractivity contribution >= 4 is 5.91 Å². The molecule has 0 aliphatic carbocycles. The molecule has 1 N–H and O–H groups in total. The molecule has 1 atom stereocenters. The minimum Gasteiger partial charge on any atom is -0.472 e. The summed E-state index contributed by atoms with van der Waals surface area (Å²) in [5.41, 5.74) is 3.26. The largest absolute Gasteiger partial charge is 0.472 e. The van der Waals surface area contributed by atoms with E-state index in [4.69, 9.17) is 14.0 Å². The van der Waals surface area contributed by atoms with Crippen molar-refractivity contribution in [1.82, 2.24) is 25.7 Å². The van der Waals surface area contributed by atoms with E-state index in [0.717, 1.165) is 29.7 Å². The maximum absolute atomic E-state index is 12.5. The number of carbonyl (C=O) groups is 1. The normalized spacial score (nSPS) is 17.7. The van der Waals surface area contributed by atoms with Crippen LogP contribution in [0.5, 0.6) is 5.88 Å². The highest BCUT2D eigenvalue weighted by molar-refractivity contribution is 5.92. The van der Waals surface area contributed by atoms with Crippen LogP contribution in [0.2, 0.25) is 0 Å². The van der Waals surface area contributed by atoms with Crippen molar-refractivity contribution in [2.45, 2.75) is 58.8 Å². The summed E-state index contributed by atoms with van der Waals surface area (Å²) in [5, 5.41) is 15.2. The number of nitrogens with zero attached hydrogens (tertiary/aromatic N) is 4. The van der Waals surface area contributed by atoms with Gasteiger partial charge in [-0.15, -0.1) is 10.2 Å². The van der Waals surface area contributed by atoms with Gasteiger partial charge in [-0.1, -0.05) is 5.16 Å². The Bertz CT molecular complexity index is 1080.